The lowest BCUT2D eigenvalue weighted by Gasteiger charge is -2.39. The number of piperidine rings is 1. The summed E-state index contributed by atoms with van der Waals surface area (Å²) >= 11 is 0. The maximum Gasteiger partial charge on any atom is 0.253 e. The van der Waals surface area contributed by atoms with E-state index in [4.69, 9.17) is 0 Å². The molecular weight excluding hydrogens is 402 g/mol. The van der Waals surface area contributed by atoms with Crippen LogP contribution in [0.2, 0.25) is 0 Å². The van der Waals surface area contributed by atoms with Crippen molar-refractivity contribution >= 4 is 22.8 Å². The third-order valence-corrected chi connectivity index (χ3v) is 7.62. The summed E-state index contributed by atoms with van der Waals surface area (Å²) in [6.45, 7) is 7.10. The van der Waals surface area contributed by atoms with E-state index in [1.807, 2.05) is 30.0 Å². The van der Waals surface area contributed by atoms with Crippen LogP contribution < -0.4 is 0 Å². The highest BCUT2D eigenvalue weighted by molar-refractivity contribution is 5.97. The Morgan fingerprint density at radius 3 is 2.56 bits per heavy atom. The van der Waals surface area contributed by atoms with E-state index in [2.05, 4.69) is 19.8 Å². The monoisotopic (exact) mass is 437 g/mol. The van der Waals surface area contributed by atoms with E-state index in [9.17, 15) is 9.59 Å². The van der Waals surface area contributed by atoms with Gasteiger partial charge in [0.15, 0.2) is 0 Å². The van der Waals surface area contributed by atoms with Crippen LogP contribution in [-0.4, -0.2) is 81.8 Å². The van der Waals surface area contributed by atoms with Crippen LogP contribution in [0.1, 0.15) is 61.1 Å². The lowest BCUT2D eigenvalue weighted by Crippen LogP contribution is -2.52. The molecule has 0 spiro atoms. The molecule has 1 aromatic carbocycles. The normalized spacial score (nSPS) is 23.2. The van der Waals surface area contributed by atoms with Gasteiger partial charge in [0.25, 0.3) is 5.91 Å². The summed E-state index contributed by atoms with van der Waals surface area (Å²) in [5, 5.41) is 0. The summed E-state index contributed by atoms with van der Waals surface area (Å²) in [4.78, 5) is 40.3. The number of amides is 2. The van der Waals surface area contributed by atoms with Crippen molar-refractivity contribution in [1.82, 2.24) is 24.7 Å². The van der Waals surface area contributed by atoms with Crippen molar-refractivity contribution in [3.8, 4) is 0 Å². The third kappa shape index (κ3) is 4.53. The van der Waals surface area contributed by atoms with Gasteiger partial charge < -0.3 is 14.8 Å². The Balaban J connectivity index is 1.15. The maximum absolute atomic E-state index is 13.1. The SMILES string of the molecule is Cc1nc2ccc(C(=O)N3CCC[C@@H](CC(=O)N4CCN(C5CCCC5)CC4)C3)cc2[nH]1. The van der Waals surface area contributed by atoms with Crippen LogP contribution in [0, 0.1) is 12.8 Å². The molecule has 2 amide bonds. The molecule has 0 unspecified atom stereocenters. The van der Waals surface area contributed by atoms with E-state index < -0.39 is 0 Å². The largest absolute Gasteiger partial charge is 0.342 e. The van der Waals surface area contributed by atoms with Gasteiger partial charge in [0.05, 0.1) is 11.0 Å². The number of benzene rings is 1. The van der Waals surface area contributed by atoms with Crippen LogP contribution >= 0.6 is 0 Å². The van der Waals surface area contributed by atoms with Crippen molar-refractivity contribution in [3.05, 3.63) is 29.6 Å². The number of aryl methyl sites for hydroxylation is 1. The van der Waals surface area contributed by atoms with Crippen LogP contribution in [0.15, 0.2) is 18.2 Å². The molecule has 0 bridgehead atoms. The Kier molecular flexibility index (Phi) is 6.17. The third-order valence-electron chi connectivity index (χ3n) is 7.62. The van der Waals surface area contributed by atoms with Crippen LogP contribution in [0.3, 0.4) is 0 Å². The molecule has 7 nitrogen and oxygen atoms in total. The zero-order valence-electron chi connectivity index (χ0n) is 19.2. The molecule has 2 saturated heterocycles. The van der Waals surface area contributed by atoms with Gasteiger partial charge in [-0.1, -0.05) is 12.8 Å². The number of nitrogens with one attached hydrogen (secondary N) is 1. The molecule has 2 aromatic rings. The van der Waals surface area contributed by atoms with Crippen LogP contribution in [0.5, 0.6) is 0 Å². The van der Waals surface area contributed by atoms with E-state index in [0.717, 1.165) is 68.5 Å². The second-order valence-corrected chi connectivity index (χ2v) is 9.87. The van der Waals surface area contributed by atoms with Crippen LogP contribution in [0.25, 0.3) is 11.0 Å². The van der Waals surface area contributed by atoms with Crippen molar-refractivity contribution < 1.29 is 9.59 Å². The van der Waals surface area contributed by atoms with Gasteiger partial charge in [-0.2, -0.15) is 0 Å². The van der Waals surface area contributed by atoms with E-state index >= 15 is 0 Å². The molecule has 1 aliphatic carbocycles. The van der Waals surface area contributed by atoms with Gasteiger partial charge in [-0.25, -0.2) is 4.98 Å². The fraction of sp³-hybridized carbons (Fsp3) is 0.640. The number of piperazine rings is 1. The number of H-pyrrole nitrogens is 1. The highest BCUT2D eigenvalue weighted by atomic mass is 16.2. The summed E-state index contributed by atoms with van der Waals surface area (Å²) in [6.07, 6.45) is 7.92. The van der Waals surface area contributed by atoms with Crippen LogP contribution in [-0.2, 0) is 4.79 Å². The molecule has 5 rings (SSSR count). The highest BCUT2D eigenvalue weighted by Gasteiger charge is 2.31. The van der Waals surface area contributed by atoms with Gasteiger partial charge in [0.2, 0.25) is 5.91 Å². The van der Waals surface area contributed by atoms with Crippen molar-refractivity contribution in [2.75, 3.05) is 39.3 Å². The summed E-state index contributed by atoms with van der Waals surface area (Å²) in [5.41, 5.74) is 2.47. The van der Waals surface area contributed by atoms with Crippen molar-refractivity contribution in [2.24, 2.45) is 5.92 Å². The predicted octanol–water partition coefficient (Wildman–Crippen LogP) is 3.20. The number of carbonyl (C=O) groups excluding carboxylic acids is 2. The molecular formula is C25H35N5O2. The van der Waals surface area contributed by atoms with E-state index in [1.54, 1.807) is 0 Å². The van der Waals surface area contributed by atoms with Crippen LogP contribution in [0.4, 0.5) is 0 Å². The molecule has 1 atom stereocenters. The van der Waals surface area contributed by atoms with Crippen molar-refractivity contribution in [3.63, 3.8) is 0 Å². The number of likely N-dealkylation sites (tertiary alicyclic amines) is 1. The zero-order chi connectivity index (χ0) is 22.1. The predicted molar refractivity (Wildman–Crippen MR) is 124 cm³/mol. The lowest BCUT2D eigenvalue weighted by atomic mass is 9.93. The number of hydrogen-bond acceptors (Lipinski definition) is 4. The van der Waals surface area contributed by atoms with E-state index in [-0.39, 0.29) is 17.7 Å². The van der Waals surface area contributed by atoms with E-state index in [1.165, 1.54) is 25.7 Å². The fourth-order valence-electron chi connectivity index (χ4n) is 5.85. The molecule has 1 N–H and O–H groups in total. The van der Waals surface area contributed by atoms with Gasteiger partial charge in [-0.15, -0.1) is 0 Å². The molecule has 7 heteroatoms. The molecule has 3 heterocycles. The van der Waals surface area contributed by atoms with Crippen molar-refractivity contribution in [1.29, 1.82) is 0 Å². The number of nitrogens with zero attached hydrogens (tertiary/aromatic N) is 4. The Morgan fingerprint density at radius 2 is 1.78 bits per heavy atom. The van der Waals surface area contributed by atoms with Crippen molar-refractivity contribution in [2.45, 2.75) is 57.9 Å². The summed E-state index contributed by atoms with van der Waals surface area (Å²) in [5.74, 6) is 1.43. The van der Waals surface area contributed by atoms with Gasteiger partial charge in [-0.3, -0.25) is 14.5 Å². The number of carbonyl (C=O) groups is 2. The minimum absolute atomic E-state index is 0.0569. The second kappa shape index (κ2) is 9.22. The average Bonchev–Trinajstić information content (AvgIpc) is 3.47. The number of hydrogen-bond donors (Lipinski definition) is 1. The molecule has 3 aliphatic rings. The standard InChI is InChI=1S/C25H35N5O2/c1-18-26-22-9-8-20(16-23(22)27-18)25(32)30-10-4-5-19(17-30)15-24(31)29-13-11-28(12-14-29)21-6-2-3-7-21/h8-9,16,19,21H,2-7,10-15,17H2,1H3,(H,26,27)/t19-/m0/s1. The number of aromatic amines is 1. The Bertz CT molecular complexity index is 972. The molecule has 1 aromatic heterocycles. The quantitative estimate of drug-likeness (QED) is 0.797. The zero-order valence-corrected chi connectivity index (χ0v) is 19.2. The number of fused-ring (bicyclic) bond motifs is 1. The first-order valence-corrected chi connectivity index (χ1v) is 12.3. The summed E-state index contributed by atoms with van der Waals surface area (Å²) in [7, 11) is 0. The summed E-state index contributed by atoms with van der Waals surface area (Å²) < 4.78 is 0. The fourth-order valence-corrected chi connectivity index (χ4v) is 5.85. The second-order valence-electron chi connectivity index (χ2n) is 9.87. The van der Waals surface area contributed by atoms with E-state index in [0.29, 0.717) is 18.5 Å². The first kappa shape index (κ1) is 21.4. The number of imidazole rings is 1. The number of rotatable bonds is 4. The summed E-state index contributed by atoms with van der Waals surface area (Å²) in [6, 6.07) is 6.41. The van der Waals surface area contributed by atoms with Gasteiger partial charge in [-0.05, 0) is 56.7 Å². The minimum atomic E-state index is 0.0569. The highest BCUT2D eigenvalue weighted by Crippen LogP contribution is 2.26. The maximum atomic E-state index is 13.1. The minimum Gasteiger partial charge on any atom is -0.342 e. The molecule has 3 fully saturated rings. The van der Waals surface area contributed by atoms with Gasteiger partial charge >= 0.3 is 0 Å². The average molecular weight is 438 g/mol. The van der Waals surface area contributed by atoms with Gasteiger partial charge in [0.1, 0.15) is 5.82 Å². The smallest absolute Gasteiger partial charge is 0.253 e. The Morgan fingerprint density at radius 1 is 1.00 bits per heavy atom. The molecule has 32 heavy (non-hydrogen) atoms. The molecule has 0 radical (unpaired) electrons. The topological polar surface area (TPSA) is 72.5 Å². The lowest BCUT2D eigenvalue weighted by molar-refractivity contribution is -0.134. The molecule has 1 saturated carbocycles. The Hall–Kier alpha value is -2.41. The first-order chi connectivity index (χ1) is 15.6. The first-order valence-electron chi connectivity index (χ1n) is 12.3. The van der Waals surface area contributed by atoms with Gasteiger partial charge in [0, 0.05) is 57.3 Å². The number of aromatic nitrogens is 2. The molecule has 2 aliphatic heterocycles. The molecule has 172 valence electrons. The Labute approximate surface area is 190 Å².